The zero-order chi connectivity index (χ0) is 22.2. The van der Waals surface area contributed by atoms with Crippen LogP contribution >= 0.6 is 11.6 Å². The quantitative estimate of drug-likeness (QED) is 0.428. The second kappa shape index (κ2) is 10.4. The predicted molar refractivity (Wildman–Crippen MR) is 120 cm³/mol. The Labute approximate surface area is 184 Å². The van der Waals surface area contributed by atoms with Gasteiger partial charge < -0.3 is 14.0 Å². The molecule has 3 aromatic rings. The Kier molecular flexibility index (Phi) is 7.45. The number of methoxy groups -OCH3 is 1. The summed E-state index contributed by atoms with van der Waals surface area (Å²) in [7, 11) is 1.55. The molecule has 0 saturated carbocycles. The van der Waals surface area contributed by atoms with Gasteiger partial charge in [0.25, 0.3) is 11.5 Å². The van der Waals surface area contributed by atoms with Crippen LogP contribution in [-0.2, 0) is 6.54 Å². The number of rotatable bonds is 8. The third-order valence-electron chi connectivity index (χ3n) is 4.45. The first-order valence-corrected chi connectivity index (χ1v) is 9.99. The SMILES string of the molecule is CCOc1c(/C=N\NC(=O)c2cccn(Cc3ccccc3Cl)c2=O)cccc1OC. The summed E-state index contributed by atoms with van der Waals surface area (Å²) in [6.07, 6.45) is 3.05. The normalized spacial score (nSPS) is 10.8. The minimum atomic E-state index is -0.615. The number of nitrogens with one attached hydrogen (secondary N) is 1. The third-order valence-corrected chi connectivity index (χ3v) is 4.82. The van der Waals surface area contributed by atoms with Gasteiger partial charge in [0.15, 0.2) is 11.5 Å². The van der Waals surface area contributed by atoms with E-state index >= 15 is 0 Å². The molecule has 1 amide bonds. The van der Waals surface area contributed by atoms with Crippen LogP contribution in [0.5, 0.6) is 11.5 Å². The van der Waals surface area contributed by atoms with Gasteiger partial charge in [-0.05, 0) is 42.8 Å². The fourth-order valence-electron chi connectivity index (χ4n) is 2.96. The van der Waals surface area contributed by atoms with Crippen LogP contribution < -0.4 is 20.5 Å². The molecule has 7 nitrogen and oxygen atoms in total. The van der Waals surface area contributed by atoms with E-state index < -0.39 is 11.5 Å². The van der Waals surface area contributed by atoms with Crippen LogP contribution in [0.15, 0.2) is 70.7 Å². The first-order valence-electron chi connectivity index (χ1n) is 9.61. The van der Waals surface area contributed by atoms with Gasteiger partial charge >= 0.3 is 0 Å². The van der Waals surface area contributed by atoms with E-state index in [-0.39, 0.29) is 12.1 Å². The Morgan fingerprint density at radius 1 is 1.16 bits per heavy atom. The van der Waals surface area contributed by atoms with Crippen LogP contribution in [0.3, 0.4) is 0 Å². The number of amides is 1. The summed E-state index contributed by atoms with van der Waals surface area (Å²) >= 11 is 6.18. The van der Waals surface area contributed by atoms with Crippen molar-refractivity contribution in [3.63, 3.8) is 0 Å². The molecule has 0 aliphatic heterocycles. The molecule has 3 rings (SSSR count). The molecular formula is C23H22ClN3O4. The highest BCUT2D eigenvalue weighted by Crippen LogP contribution is 2.29. The number of ether oxygens (including phenoxy) is 2. The molecule has 0 unspecified atom stereocenters. The van der Waals surface area contributed by atoms with Crippen LogP contribution in [-0.4, -0.2) is 30.4 Å². The molecule has 0 bridgehead atoms. The second-order valence-electron chi connectivity index (χ2n) is 6.46. The van der Waals surface area contributed by atoms with Gasteiger partial charge in [0.1, 0.15) is 5.56 Å². The van der Waals surface area contributed by atoms with Gasteiger partial charge in [-0.1, -0.05) is 35.9 Å². The van der Waals surface area contributed by atoms with Gasteiger partial charge in [-0.25, -0.2) is 5.43 Å². The predicted octanol–water partition coefficient (Wildman–Crippen LogP) is 3.72. The molecule has 31 heavy (non-hydrogen) atoms. The number of aromatic nitrogens is 1. The largest absolute Gasteiger partial charge is 0.493 e. The van der Waals surface area contributed by atoms with Crippen molar-refractivity contribution >= 4 is 23.7 Å². The standard InChI is InChI=1S/C23H22ClN3O4/c1-3-31-21-16(9-6-12-20(21)30-2)14-25-26-22(28)18-10-7-13-27(23(18)29)15-17-8-4-5-11-19(17)24/h4-14H,3,15H2,1-2H3,(H,26,28)/b25-14-. The summed E-state index contributed by atoms with van der Waals surface area (Å²) in [6, 6.07) is 15.7. The highest BCUT2D eigenvalue weighted by atomic mass is 35.5. The van der Waals surface area contributed by atoms with Gasteiger partial charge in [0.2, 0.25) is 0 Å². The summed E-state index contributed by atoms with van der Waals surface area (Å²) < 4.78 is 12.3. The average molecular weight is 440 g/mol. The fraction of sp³-hybridized carbons (Fsp3) is 0.174. The summed E-state index contributed by atoms with van der Waals surface area (Å²) in [5.41, 5.74) is 3.34. The molecule has 8 heteroatoms. The van der Waals surface area contributed by atoms with E-state index in [1.165, 1.54) is 16.8 Å². The van der Waals surface area contributed by atoms with Crippen LogP contribution in [0, 0.1) is 0 Å². The van der Waals surface area contributed by atoms with Crippen molar-refractivity contribution < 1.29 is 14.3 Å². The molecule has 0 atom stereocenters. The van der Waals surface area contributed by atoms with Crippen molar-refractivity contribution in [3.8, 4) is 11.5 Å². The number of pyridine rings is 1. The smallest absolute Gasteiger partial charge is 0.276 e. The Hall–Kier alpha value is -3.58. The lowest BCUT2D eigenvalue weighted by molar-refractivity contribution is 0.0953. The number of hydrogen-bond acceptors (Lipinski definition) is 5. The van der Waals surface area contributed by atoms with Crippen LogP contribution in [0.1, 0.15) is 28.4 Å². The van der Waals surface area contributed by atoms with E-state index in [2.05, 4.69) is 10.5 Å². The summed E-state index contributed by atoms with van der Waals surface area (Å²) in [5.74, 6) is 0.463. The van der Waals surface area contributed by atoms with Gasteiger partial charge in [-0.3, -0.25) is 9.59 Å². The molecule has 1 heterocycles. The minimum absolute atomic E-state index is 0.0256. The molecule has 0 aliphatic carbocycles. The average Bonchev–Trinajstić information content (AvgIpc) is 2.77. The molecule has 0 fully saturated rings. The summed E-state index contributed by atoms with van der Waals surface area (Å²) in [6.45, 7) is 2.56. The van der Waals surface area contributed by atoms with Crippen molar-refractivity contribution in [1.82, 2.24) is 9.99 Å². The Morgan fingerprint density at radius 2 is 1.97 bits per heavy atom. The lowest BCUT2D eigenvalue weighted by Gasteiger charge is -2.11. The van der Waals surface area contributed by atoms with Crippen LogP contribution in [0.25, 0.3) is 0 Å². The third kappa shape index (κ3) is 5.32. The zero-order valence-electron chi connectivity index (χ0n) is 17.2. The van der Waals surface area contributed by atoms with Gasteiger partial charge in [-0.2, -0.15) is 5.10 Å². The number of hydrogen-bond donors (Lipinski definition) is 1. The van der Waals surface area contributed by atoms with Gasteiger partial charge in [0, 0.05) is 16.8 Å². The highest BCUT2D eigenvalue weighted by Gasteiger charge is 2.13. The van der Waals surface area contributed by atoms with E-state index in [1.54, 1.807) is 43.6 Å². The van der Waals surface area contributed by atoms with E-state index in [9.17, 15) is 9.59 Å². The Morgan fingerprint density at radius 3 is 2.71 bits per heavy atom. The molecule has 0 aliphatic rings. The maximum absolute atomic E-state index is 12.8. The van der Waals surface area contributed by atoms with E-state index in [1.807, 2.05) is 25.1 Å². The highest BCUT2D eigenvalue weighted by molar-refractivity contribution is 6.31. The van der Waals surface area contributed by atoms with Gasteiger partial charge in [-0.15, -0.1) is 0 Å². The minimum Gasteiger partial charge on any atom is -0.493 e. The number of carbonyl (C=O) groups excluding carboxylic acids is 1. The maximum atomic E-state index is 12.8. The first kappa shape index (κ1) is 22.1. The fourth-order valence-corrected chi connectivity index (χ4v) is 3.15. The molecule has 1 aromatic heterocycles. The van der Waals surface area contributed by atoms with Crippen molar-refractivity contribution in [1.29, 1.82) is 0 Å². The van der Waals surface area contributed by atoms with Crippen molar-refractivity contribution in [2.24, 2.45) is 5.10 Å². The number of nitrogens with zero attached hydrogens (tertiary/aromatic N) is 2. The lowest BCUT2D eigenvalue weighted by atomic mass is 10.2. The van der Waals surface area contributed by atoms with Gasteiger partial charge in [0.05, 0.1) is 26.5 Å². The molecule has 1 N–H and O–H groups in total. The second-order valence-corrected chi connectivity index (χ2v) is 6.86. The molecule has 0 radical (unpaired) electrons. The molecular weight excluding hydrogens is 418 g/mol. The summed E-state index contributed by atoms with van der Waals surface area (Å²) in [5, 5.41) is 4.53. The Balaban J connectivity index is 1.78. The molecule has 0 spiro atoms. The number of hydrazone groups is 1. The van der Waals surface area contributed by atoms with Crippen molar-refractivity contribution in [2.75, 3.05) is 13.7 Å². The number of carbonyl (C=O) groups is 1. The Bertz CT molecular complexity index is 1160. The van der Waals surface area contributed by atoms with E-state index in [0.29, 0.717) is 28.7 Å². The number of benzene rings is 2. The maximum Gasteiger partial charge on any atom is 0.276 e. The topological polar surface area (TPSA) is 81.9 Å². The van der Waals surface area contributed by atoms with E-state index in [4.69, 9.17) is 21.1 Å². The molecule has 2 aromatic carbocycles. The monoisotopic (exact) mass is 439 g/mol. The van der Waals surface area contributed by atoms with Crippen molar-refractivity contribution in [2.45, 2.75) is 13.5 Å². The van der Waals surface area contributed by atoms with E-state index in [0.717, 1.165) is 5.56 Å². The van der Waals surface area contributed by atoms with Crippen molar-refractivity contribution in [3.05, 3.63) is 92.9 Å². The number of halogens is 1. The number of para-hydroxylation sites is 1. The molecule has 0 saturated heterocycles. The van der Waals surface area contributed by atoms with Crippen LogP contribution in [0.2, 0.25) is 5.02 Å². The zero-order valence-corrected chi connectivity index (χ0v) is 17.9. The first-order chi connectivity index (χ1) is 15.0. The summed E-state index contributed by atoms with van der Waals surface area (Å²) in [4.78, 5) is 25.3. The lowest BCUT2D eigenvalue weighted by Crippen LogP contribution is -2.31. The molecule has 160 valence electrons. The van der Waals surface area contributed by atoms with Crippen LogP contribution in [0.4, 0.5) is 0 Å².